The number of nitrogens with one attached hydrogen (secondary N) is 2. The van der Waals surface area contributed by atoms with Crippen LogP contribution in [0.4, 0.5) is 8.78 Å². The van der Waals surface area contributed by atoms with Crippen LogP contribution >= 0.6 is 24.0 Å². The second kappa shape index (κ2) is 10.5. The highest BCUT2D eigenvalue weighted by Gasteiger charge is 2.42. The number of guanidine groups is 1. The maximum atomic E-state index is 13.9. The Labute approximate surface area is 177 Å². The molecule has 152 valence electrons. The van der Waals surface area contributed by atoms with Crippen molar-refractivity contribution in [2.75, 3.05) is 39.4 Å². The number of benzene rings is 1. The second-order valence-corrected chi connectivity index (χ2v) is 6.95. The van der Waals surface area contributed by atoms with Crippen LogP contribution < -0.4 is 10.6 Å². The van der Waals surface area contributed by atoms with Crippen LogP contribution in [0.2, 0.25) is 0 Å². The summed E-state index contributed by atoms with van der Waals surface area (Å²) >= 11 is 0. The Morgan fingerprint density at radius 3 is 2.59 bits per heavy atom. The maximum Gasteiger partial charge on any atom is 0.191 e. The normalized spacial score (nSPS) is 24.1. The van der Waals surface area contributed by atoms with Crippen LogP contribution in [0.5, 0.6) is 0 Å². The van der Waals surface area contributed by atoms with Crippen molar-refractivity contribution >= 4 is 29.9 Å². The van der Waals surface area contributed by atoms with E-state index in [1.807, 2.05) is 6.92 Å². The van der Waals surface area contributed by atoms with Gasteiger partial charge in [0.15, 0.2) is 5.96 Å². The molecule has 2 N–H and O–H groups in total. The van der Waals surface area contributed by atoms with E-state index >= 15 is 0 Å². The second-order valence-electron chi connectivity index (χ2n) is 6.95. The molecule has 1 saturated carbocycles. The van der Waals surface area contributed by atoms with E-state index in [1.165, 1.54) is 18.2 Å². The summed E-state index contributed by atoms with van der Waals surface area (Å²) in [6.45, 7) is 8.96. The van der Waals surface area contributed by atoms with E-state index in [2.05, 4.69) is 27.4 Å². The van der Waals surface area contributed by atoms with Crippen molar-refractivity contribution in [2.45, 2.75) is 38.3 Å². The molecule has 3 atom stereocenters. The standard InChI is InChI=1S/C19H28F2N4O.HI/c1-3-22-19(23-12-13(2)25-7-9-26-10-8-25)24-17-11-14(17)18-15(20)5-4-6-16(18)21;/h4-6,13-14,17H,3,7-12H2,1-2H3,(H2,22,23,24);1H. The first-order valence-electron chi connectivity index (χ1n) is 9.40. The Bertz CT molecular complexity index is 620. The number of hydrogen-bond acceptors (Lipinski definition) is 3. The summed E-state index contributed by atoms with van der Waals surface area (Å²) in [6.07, 6.45) is 0.710. The van der Waals surface area contributed by atoms with Gasteiger partial charge < -0.3 is 15.4 Å². The van der Waals surface area contributed by atoms with E-state index in [9.17, 15) is 8.78 Å². The predicted octanol–water partition coefficient (Wildman–Crippen LogP) is 2.71. The summed E-state index contributed by atoms with van der Waals surface area (Å²) in [6, 6.07) is 4.37. The van der Waals surface area contributed by atoms with Gasteiger partial charge in [-0.1, -0.05) is 6.07 Å². The fraction of sp³-hybridized carbons (Fsp3) is 0.632. The largest absolute Gasteiger partial charge is 0.379 e. The van der Waals surface area contributed by atoms with Crippen LogP contribution in [0.25, 0.3) is 0 Å². The molecule has 0 aromatic heterocycles. The number of aliphatic imine (C=N–C) groups is 1. The Balaban J connectivity index is 0.00000261. The van der Waals surface area contributed by atoms with E-state index in [4.69, 9.17) is 4.74 Å². The number of ether oxygens (including phenoxy) is 1. The van der Waals surface area contributed by atoms with Gasteiger partial charge in [0.25, 0.3) is 0 Å². The molecular formula is C19H29F2IN4O. The highest BCUT2D eigenvalue weighted by molar-refractivity contribution is 14.0. The molecule has 1 aromatic carbocycles. The van der Waals surface area contributed by atoms with Gasteiger partial charge in [-0.05, 0) is 32.4 Å². The van der Waals surface area contributed by atoms with E-state index in [0.717, 1.165) is 32.8 Å². The predicted molar refractivity (Wildman–Crippen MR) is 114 cm³/mol. The minimum atomic E-state index is -0.470. The monoisotopic (exact) mass is 494 g/mol. The van der Waals surface area contributed by atoms with Gasteiger partial charge >= 0.3 is 0 Å². The molecule has 1 saturated heterocycles. The van der Waals surface area contributed by atoms with Gasteiger partial charge in [0.1, 0.15) is 11.6 Å². The van der Waals surface area contributed by atoms with Crippen molar-refractivity contribution in [1.29, 1.82) is 0 Å². The quantitative estimate of drug-likeness (QED) is 0.363. The summed E-state index contributed by atoms with van der Waals surface area (Å²) in [7, 11) is 0. The molecular weight excluding hydrogens is 465 g/mol. The smallest absolute Gasteiger partial charge is 0.191 e. The summed E-state index contributed by atoms with van der Waals surface area (Å²) in [5, 5.41) is 6.54. The average Bonchev–Trinajstić information content (AvgIpc) is 3.39. The summed E-state index contributed by atoms with van der Waals surface area (Å²) in [4.78, 5) is 7.03. The number of morpholine rings is 1. The first-order chi connectivity index (χ1) is 12.6. The third-order valence-electron chi connectivity index (χ3n) is 5.01. The molecule has 0 bridgehead atoms. The van der Waals surface area contributed by atoms with Crippen LogP contribution in [0.15, 0.2) is 23.2 Å². The van der Waals surface area contributed by atoms with E-state index in [1.54, 1.807) is 0 Å². The lowest BCUT2D eigenvalue weighted by atomic mass is 10.1. The van der Waals surface area contributed by atoms with Gasteiger partial charge in [-0.15, -0.1) is 24.0 Å². The molecule has 1 aromatic rings. The molecule has 2 fully saturated rings. The molecule has 3 unspecified atom stereocenters. The highest BCUT2D eigenvalue weighted by atomic mass is 127. The van der Waals surface area contributed by atoms with Crippen LogP contribution in [0.3, 0.4) is 0 Å². The Morgan fingerprint density at radius 1 is 1.30 bits per heavy atom. The Morgan fingerprint density at radius 2 is 1.96 bits per heavy atom. The van der Waals surface area contributed by atoms with Gasteiger partial charge in [0.2, 0.25) is 0 Å². The van der Waals surface area contributed by atoms with Gasteiger partial charge in [-0.25, -0.2) is 8.78 Å². The minimum Gasteiger partial charge on any atom is -0.379 e. The van der Waals surface area contributed by atoms with Crippen molar-refractivity contribution in [3.63, 3.8) is 0 Å². The van der Waals surface area contributed by atoms with Crippen molar-refractivity contribution in [2.24, 2.45) is 4.99 Å². The number of nitrogens with zero attached hydrogens (tertiary/aromatic N) is 2. The molecule has 1 aliphatic carbocycles. The van der Waals surface area contributed by atoms with Crippen molar-refractivity contribution in [1.82, 2.24) is 15.5 Å². The van der Waals surface area contributed by atoms with Crippen LogP contribution in [0.1, 0.15) is 31.7 Å². The lowest BCUT2D eigenvalue weighted by molar-refractivity contribution is 0.0220. The zero-order valence-corrected chi connectivity index (χ0v) is 18.2. The molecule has 8 heteroatoms. The summed E-state index contributed by atoms with van der Waals surface area (Å²) in [5.74, 6) is -0.377. The van der Waals surface area contributed by atoms with Gasteiger partial charge in [0.05, 0.1) is 19.8 Å². The fourth-order valence-corrected chi connectivity index (χ4v) is 3.39. The molecule has 0 amide bonds. The van der Waals surface area contributed by atoms with Gasteiger partial charge in [-0.2, -0.15) is 0 Å². The molecule has 3 rings (SSSR count). The zero-order valence-electron chi connectivity index (χ0n) is 15.9. The summed E-state index contributed by atoms with van der Waals surface area (Å²) in [5.41, 5.74) is 0.183. The average molecular weight is 494 g/mol. The molecule has 2 aliphatic rings. The fourth-order valence-electron chi connectivity index (χ4n) is 3.39. The van der Waals surface area contributed by atoms with Crippen molar-refractivity contribution in [3.05, 3.63) is 35.4 Å². The van der Waals surface area contributed by atoms with Gasteiger partial charge in [0, 0.05) is 43.2 Å². The molecule has 0 spiro atoms. The lowest BCUT2D eigenvalue weighted by Gasteiger charge is -2.31. The number of halogens is 3. The molecule has 5 nitrogen and oxygen atoms in total. The lowest BCUT2D eigenvalue weighted by Crippen LogP contribution is -2.45. The maximum absolute atomic E-state index is 13.9. The van der Waals surface area contributed by atoms with Crippen LogP contribution in [-0.2, 0) is 4.74 Å². The first-order valence-corrected chi connectivity index (χ1v) is 9.40. The zero-order chi connectivity index (χ0) is 18.5. The Hall–Kier alpha value is -1.000. The number of rotatable bonds is 6. The van der Waals surface area contributed by atoms with Crippen molar-refractivity contribution < 1.29 is 13.5 Å². The molecule has 1 aliphatic heterocycles. The number of hydrogen-bond donors (Lipinski definition) is 2. The highest BCUT2D eigenvalue weighted by Crippen LogP contribution is 2.43. The SMILES string of the molecule is CCNC(=NCC(C)N1CCOCC1)NC1CC1c1c(F)cccc1F.I. The van der Waals surface area contributed by atoms with E-state index in [0.29, 0.717) is 25.0 Å². The molecule has 1 heterocycles. The minimum absolute atomic E-state index is 0. The van der Waals surface area contributed by atoms with Crippen LogP contribution in [0, 0.1) is 11.6 Å². The van der Waals surface area contributed by atoms with Gasteiger partial charge in [-0.3, -0.25) is 9.89 Å². The van der Waals surface area contributed by atoms with Crippen LogP contribution in [-0.4, -0.2) is 62.3 Å². The van der Waals surface area contributed by atoms with Crippen molar-refractivity contribution in [3.8, 4) is 0 Å². The van der Waals surface area contributed by atoms with E-state index < -0.39 is 11.6 Å². The first kappa shape index (κ1) is 22.3. The topological polar surface area (TPSA) is 48.9 Å². The molecule has 0 radical (unpaired) electrons. The van der Waals surface area contributed by atoms with E-state index in [-0.39, 0.29) is 41.5 Å². The Kier molecular flexibility index (Phi) is 8.68. The third kappa shape index (κ3) is 5.99. The third-order valence-corrected chi connectivity index (χ3v) is 5.01. The summed E-state index contributed by atoms with van der Waals surface area (Å²) < 4.78 is 33.2. The molecule has 27 heavy (non-hydrogen) atoms.